The minimum Gasteiger partial charge on any atom is -0.396 e. The maximum absolute atomic E-state index is 8.00. The summed E-state index contributed by atoms with van der Waals surface area (Å²) < 4.78 is 0. The highest BCUT2D eigenvalue weighted by molar-refractivity contribution is 4.98. The van der Waals surface area contributed by atoms with Crippen LogP contribution in [0.4, 0.5) is 0 Å². The lowest BCUT2D eigenvalue weighted by molar-refractivity contribution is 0.303. The average molecular weight is 820 g/mol. The van der Waals surface area contributed by atoms with Crippen LogP contribution in [0.15, 0.2) is 75.4 Å². The van der Waals surface area contributed by atoms with Crippen LogP contribution in [-0.2, 0) is 0 Å². The number of hydrogen-bond acceptors (Lipinski definition) is 1. The average Bonchev–Trinajstić information content (AvgIpc) is 3.58. The quantitative estimate of drug-likeness (QED) is 0.0760. The number of unbranched alkanes of at least 4 members (excludes halogenated alkanes) is 4. The van der Waals surface area contributed by atoms with Gasteiger partial charge in [-0.25, -0.2) is 0 Å². The lowest BCUT2D eigenvalue weighted by Crippen LogP contribution is -2.02. The Balaban J connectivity index is -0.0000000859. The van der Waals surface area contributed by atoms with E-state index in [9.17, 15) is 0 Å². The van der Waals surface area contributed by atoms with Crippen LogP contribution >= 0.6 is 0 Å². The lowest BCUT2D eigenvalue weighted by atomic mass is 9.93. The minimum absolute atomic E-state index is 0.226. The Morgan fingerprint density at radius 2 is 1.12 bits per heavy atom. The monoisotopic (exact) mass is 819 g/mol. The van der Waals surface area contributed by atoms with Gasteiger partial charge in [-0.05, 0) is 106 Å². The molecule has 5 unspecified atom stereocenters. The second-order valence-corrected chi connectivity index (χ2v) is 15.7. The van der Waals surface area contributed by atoms with Gasteiger partial charge >= 0.3 is 0 Å². The van der Waals surface area contributed by atoms with E-state index in [2.05, 4.69) is 116 Å². The zero-order chi connectivity index (χ0) is 47.0. The Hall–Kier alpha value is -1.60. The summed E-state index contributed by atoms with van der Waals surface area (Å²) in [5.41, 5.74) is 1.45. The van der Waals surface area contributed by atoms with Gasteiger partial charge in [-0.3, -0.25) is 0 Å². The van der Waals surface area contributed by atoms with Gasteiger partial charge in [0.05, 0.1) is 0 Å². The van der Waals surface area contributed by atoms with Crippen molar-refractivity contribution in [3.8, 4) is 0 Å². The van der Waals surface area contributed by atoms with Crippen LogP contribution in [0, 0.1) is 41.4 Å². The van der Waals surface area contributed by atoms with Crippen molar-refractivity contribution in [1.82, 2.24) is 0 Å². The summed E-state index contributed by atoms with van der Waals surface area (Å²) in [6, 6.07) is 0. The molecule has 0 saturated heterocycles. The van der Waals surface area contributed by atoms with E-state index in [0.29, 0.717) is 12.3 Å². The molecular weight excluding hydrogens is 701 g/mol. The summed E-state index contributed by atoms with van der Waals surface area (Å²) in [6.45, 7) is 59.6. The van der Waals surface area contributed by atoms with Gasteiger partial charge in [-0.1, -0.05) is 224 Å². The Morgan fingerprint density at radius 1 is 0.603 bits per heavy atom. The molecule has 1 aliphatic rings. The first-order valence-corrected chi connectivity index (χ1v) is 25.2. The van der Waals surface area contributed by atoms with E-state index >= 15 is 0 Å². The molecule has 0 aliphatic heterocycles. The third-order valence-corrected chi connectivity index (χ3v) is 10.2. The fraction of sp³-hybridized carbons (Fsp3) is 0.789. The van der Waals surface area contributed by atoms with Gasteiger partial charge in [0.2, 0.25) is 0 Å². The van der Waals surface area contributed by atoms with Crippen LogP contribution in [0.2, 0.25) is 0 Å². The van der Waals surface area contributed by atoms with E-state index in [4.69, 9.17) is 5.11 Å². The molecule has 352 valence electrons. The molecule has 1 aliphatic carbocycles. The van der Waals surface area contributed by atoms with Gasteiger partial charge in [-0.15, -0.1) is 32.9 Å². The van der Waals surface area contributed by atoms with Crippen LogP contribution in [-0.4, -0.2) is 11.7 Å². The molecule has 1 saturated carbocycles. The number of aliphatic hydroxyl groups excluding tert-OH is 1. The van der Waals surface area contributed by atoms with Crippen molar-refractivity contribution in [1.29, 1.82) is 0 Å². The zero-order valence-corrected chi connectivity index (χ0v) is 44.0. The first-order valence-electron chi connectivity index (χ1n) is 25.2. The van der Waals surface area contributed by atoms with E-state index in [-0.39, 0.29) is 6.61 Å². The summed E-state index contributed by atoms with van der Waals surface area (Å²) in [6.07, 6.45) is 35.4. The number of aliphatic hydroxyl groups is 1. The molecule has 0 amide bonds. The van der Waals surface area contributed by atoms with Gasteiger partial charge < -0.3 is 5.11 Å². The van der Waals surface area contributed by atoms with Gasteiger partial charge in [0.15, 0.2) is 0 Å². The molecule has 0 bridgehead atoms. The summed E-state index contributed by atoms with van der Waals surface area (Å²) in [5, 5.41) is 8.00. The largest absolute Gasteiger partial charge is 0.396 e. The standard InChI is InChI=1S/C14H26.C10H20.C8H16.C8H14.C7H16.C4H8O.3C2H6/c1-5-7-8-9-10-12-14(4)13(3)11-6-2;1-4-5-10-7-8(2)6-9(10)3;1-4-6-7-8(3)5-2;1-4-7-8(5-2)6-3;1-4-6-7(3)5-2;1-2-3-4-5;3*1-2/h5,13H,1,4,6-12H2,2-3H3;8-10H,4-7H2,1-3H3;5,8H,2,4,6-7H2,1,3H3;5-6,8H,2-4,7H2,1H3;7H,4-6H2,1-3H3;2,5H,1,3-4H2;3*1-2H3/t;8?,9?,10-;;;;;;;/m.1......./s1. The molecule has 0 aromatic heterocycles. The SMILES string of the molecule is C=CC(C)CCCC.C=CC(C=C)CCC.C=CCCCCCC(=C)C(C)CCC.C=CCCO.CC.CC.CC.CCCC(C)CC.CCC[C@@H]1CC(C)CC1C. The van der Waals surface area contributed by atoms with Crippen molar-refractivity contribution in [3.63, 3.8) is 0 Å². The van der Waals surface area contributed by atoms with Crippen molar-refractivity contribution in [3.05, 3.63) is 75.4 Å². The van der Waals surface area contributed by atoms with Crippen molar-refractivity contribution in [2.45, 2.75) is 246 Å². The van der Waals surface area contributed by atoms with E-state index in [1.165, 1.54) is 121 Å². The van der Waals surface area contributed by atoms with E-state index in [1.807, 2.05) is 65.8 Å². The molecule has 6 atom stereocenters. The Labute approximate surface area is 373 Å². The third-order valence-electron chi connectivity index (χ3n) is 10.2. The molecule has 0 aromatic rings. The Kier molecular flexibility index (Phi) is 89.2. The molecule has 1 rings (SSSR count). The van der Waals surface area contributed by atoms with Gasteiger partial charge in [-0.2, -0.15) is 0 Å². The molecule has 1 heteroatoms. The second kappa shape index (κ2) is 70.0. The van der Waals surface area contributed by atoms with Gasteiger partial charge in [0, 0.05) is 6.61 Å². The maximum Gasteiger partial charge on any atom is 0.0465 e. The summed E-state index contributed by atoms with van der Waals surface area (Å²) in [4.78, 5) is 0. The normalized spacial score (nSPS) is 15.7. The molecule has 0 radical (unpaired) electrons. The number of allylic oxidation sites excluding steroid dienone is 5. The topological polar surface area (TPSA) is 20.2 Å². The lowest BCUT2D eigenvalue weighted by Gasteiger charge is -2.13. The first-order chi connectivity index (χ1) is 27.8. The molecule has 1 N–H and O–H groups in total. The highest BCUT2D eigenvalue weighted by Gasteiger charge is 2.27. The second-order valence-electron chi connectivity index (χ2n) is 15.7. The Bertz CT molecular complexity index is 738. The fourth-order valence-electron chi connectivity index (χ4n) is 6.24. The van der Waals surface area contributed by atoms with Gasteiger partial charge in [0.1, 0.15) is 0 Å². The van der Waals surface area contributed by atoms with Crippen LogP contribution < -0.4 is 0 Å². The van der Waals surface area contributed by atoms with E-state index in [1.54, 1.807) is 6.08 Å². The van der Waals surface area contributed by atoms with E-state index < -0.39 is 0 Å². The van der Waals surface area contributed by atoms with E-state index in [0.717, 1.165) is 41.9 Å². The Morgan fingerprint density at radius 3 is 1.41 bits per heavy atom. The number of rotatable bonds is 24. The maximum atomic E-state index is 8.00. The summed E-state index contributed by atoms with van der Waals surface area (Å²) in [5.74, 6) is 5.99. The third kappa shape index (κ3) is 69.0. The van der Waals surface area contributed by atoms with Crippen LogP contribution in [0.5, 0.6) is 0 Å². The predicted octanol–water partition coefficient (Wildman–Crippen LogP) is 20.8. The minimum atomic E-state index is 0.226. The van der Waals surface area contributed by atoms with Crippen LogP contribution in [0.25, 0.3) is 0 Å². The highest BCUT2D eigenvalue weighted by atomic mass is 16.2. The van der Waals surface area contributed by atoms with Crippen molar-refractivity contribution >= 4 is 0 Å². The zero-order valence-electron chi connectivity index (χ0n) is 44.0. The highest BCUT2D eigenvalue weighted by Crippen LogP contribution is 2.38. The first kappa shape index (κ1) is 73.9. The molecule has 0 heterocycles. The van der Waals surface area contributed by atoms with Crippen molar-refractivity contribution < 1.29 is 5.11 Å². The predicted molar refractivity (Wildman–Crippen MR) is 280 cm³/mol. The molecule has 1 nitrogen and oxygen atoms in total. The molecule has 0 spiro atoms. The molecule has 0 aromatic carbocycles. The summed E-state index contributed by atoms with van der Waals surface area (Å²) in [7, 11) is 0. The molecular formula is C57H118O. The summed E-state index contributed by atoms with van der Waals surface area (Å²) >= 11 is 0. The smallest absolute Gasteiger partial charge is 0.0465 e. The molecule has 58 heavy (non-hydrogen) atoms. The van der Waals surface area contributed by atoms with Crippen molar-refractivity contribution in [2.75, 3.05) is 6.61 Å². The van der Waals surface area contributed by atoms with Crippen LogP contribution in [0.3, 0.4) is 0 Å². The number of hydrogen-bond donors (Lipinski definition) is 1. The fourth-order valence-corrected chi connectivity index (χ4v) is 6.24. The van der Waals surface area contributed by atoms with Gasteiger partial charge in [0.25, 0.3) is 0 Å². The van der Waals surface area contributed by atoms with Crippen molar-refractivity contribution in [2.24, 2.45) is 41.4 Å². The van der Waals surface area contributed by atoms with Crippen LogP contribution in [0.1, 0.15) is 246 Å². The molecule has 1 fully saturated rings.